The molecular formula is C14H22N4OS2. The third-order valence-corrected chi connectivity index (χ3v) is 5.70. The van der Waals surface area contributed by atoms with Crippen molar-refractivity contribution in [3.63, 3.8) is 0 Å². The Bertz CT molecular complexity index is 583. The lowest BCUT2D eigenvalue weighted by molar-refractivity contribution is 0.199. The Labute approximate surface area is 133 Å². The number of nitrogens with zero attached hydrogens (tertiary/aromatic N) is 3. The first-order valence-electron chi connectivity index (χ1n) is 7.29. The molecule has 2 aromatic rings. The monoisotopic (exact) mass is 326 g/mol. The molecular weight excluding hydrogens is 304 g/mol. The van der Waals surface area contributed by atoms with Crippen molar-refractivity contribution in [1.82, 2.24) is 14.7 Å². The summed E-state index contributed by atoms with van der Waals surface area (Å²) in [6.07, 6.45) is 2.12. The fourth-order valence-corrected chi connectivity index (χ4v) is 4.38. The van der Waals surface area contributed by atoms with E-state index in [2.05, 4.69) is 33.1 Å². The van der Waals surface area contributed by atoms with Gasteiger partial charge in [-0.15, -0.1) is 11.3 Å². The SMILES string of the molecule is COCCNCc1c(N2CCSCC2C)nc2sccn12. The van der Waals surface area contributed by atoms with Gasteiger partial charge in [-0.2, -0.15) is 11.8 Å². The molecule has 1 unspecified atom stereocenters. The topological polar surface area (TPSA) is 41.8 Å². The molecule has 7 heteroatoms. The summed E-state index contributed by atoms with van der Waals surface area (Å²) in [5, 5.41) is 5.55. The molecule has 3 heterocycles. The molecule has 1 aliphatic rings. The normalized spacial score (nSPS) is 19.5. The number of imidazole rings is 1. The molecule has 21 heavy (non-hydrogen) atoms. The van der Waals surface area contributed by atoms with Gasteiger partial charge in [0, 0.05) is 55.9 Å². The van der Waals surface area contributed by atoms with Gasteiger partial charge in [-0.1, -0.05) is 0 Å². The third-order valence-electron chi connectivity index (χ3n) is 3.76. The summed E-state index contributed by atoms with van der Waals surface area (Å²) in [6.45, 7) is 5.80. The smallest absolute Gasteiger partial charge is 0.195 e. The molecule has 116 valence electrons. The Morgan fingerprint density at radius 1 is 1.52 bits per heavy atom. The number of thiazole rings is 1. The van der Waals surface area contributed by atoms with E-state index >= 15 is 0 Å². The first-order chi connectivity index (χ1) is 10.3. The van der Waals surface area contributed by atoms with E-state index < -0.39 is 0 Å². The van der Waals surface area contributed by atoms with Crippen molar-refractivity contribution in [2.24, 2.45) is 0 Å². The maximum absolute atomic E-state index is 5.10. The molecule has 1 atom stereocenters. The molecule has 0 aliphatic carbocycles. The Kier molecular flexibility index (Phi) is 5.05. The van der Waals surface area contributed by atoms with Crippen molar-refractivity contribution in [2.45, 2.75) is 19.5 Å². The number of hydrogen-bond donors (Lipinski definition) is 1. The van der Waals surface area contributed by atoms with Crippen LogP contribution in [0, 0.1) is 0 Å². The van der Waals surface area contributed by atoms with E-state index in [1.807, 2.05) is 11.8 Å². The van der Waals surface area contributed by atoms with Gasteiger partial charge in [-0.05, 0) is 6.92 Å². The molecule has 2 aromatic heterocycles. The number of rotatable bonds is 6. The lowest BCUT2D eigenvalue weighted by Crippen LogP contribution is -2.41. The predicted molar refractivity (Wildman–Crippen MR) is 90.8 cm³/mol. The van der Waals surface area contributed by atoms with E-state index in [0.29, 0.717) is 6.04 Å². The Morgan fingerprint density at radius 2 is 2.43 bits per heavy atom. The fourth-order valence-electron chi connectivity index (χ4n) is 2.64. The summed E-state index contributed by atoms with van der Waals surface area (Å²) in [7, 11) is 1.73. The Morgan fingerprint density at radius 3 is 3.24 bits per heavy atom. The number of anilines is 1. The zero-order chi connectivity index (χ0) is 14.7. The average Bonchev–Trinajstić information content (AvgIpc) is 3.06. The van der Waals surface area contributed by atoms with E-state index in [1.165, 1.54) is 17.2 Å². The molecule has 5 nitrogen and oxygen atoms in total. The van der Waals surface area contributed by atoms with Gasteiger partial charge >= 0.3 is 0 Å². The van der Waals surface area contributed by atoms with E-state index in [4.69, 9.17) is 9.72 Å². The second-order valence-electron chi connectivity index (χ2n) is 5.22. The number of ether oxygens (including phenoxy) is 1. The maximum Gasteiger partial charge on any atom is 0.195 e. The Hall–Kier alpha value is -0.760. The number of aromatic nitrogens is 2. The van der Waals surface area contributed by atoms with Gasteiger partial charge in [0.25, 0.3) is 0 Å². The minimum Gasteiger partial charge on any atom is -0.383 e. The van der Waals surface area contributed by atoms with Crippen molar-refractivity contribution in [2.75, 3.05) is 43.2 Å². The van der Waals surface area contributed by atoms with Crippen LogP contribution in [0.15, 0.2) is 11.6 Å². The number of fused-ring (bicyclic) bond motifs is 1. The third kappa shape index (κ3) is 3.21. The number of nitrogens with one attached hydrogen (secondary N) is 1. The van der Waals surface area contributed by atoms with Crippen molar-refractivity contribution in [3.8, 4) is 0 Å². The standard InChI is InChI=1S/C14H22N4OS2/c1-11-10-20-7-4-17(11)13-12(9-15-3-6-19-2)18-5-8-21-14(18)16-13/h5,8,11,15H,3-4,6-7,9-10H2,1-2H3. The summed E-state index contributed by atoms with van der Waals surface area (Å²) < 4.78 is 7.32. The molecule has 1 fully saturated rings. The van der Waals surface area contributed by atoms with Crippen LogP contribution in [0.1, 0.15) is 12.6 Å². The Balaban J connectivity index is 1.84. The number of thioether (sulfide) groups is 1. The summed E-state index contributed by atoms with van der Waals surface area (Å²) in [5.74, 6) is 3.52. The molecule has 0 bridgehead atoms. The predicted octanol–water partition coefficient (Wildman–Crippen LogP) is 2.07. The van der Waals surface area contributed by atoms with Gasteiger partial charge in [-0.3, -0.25) is 4.40 Å². The van der Waals surface area contributed by atoms with Crippen LogP contribution in [-0.2, 0) is 11.3 Å². The highest BCUT2D eigenvalue weighted by molar-refractivity contribution is 7.99. The summed E-state index contributed by atoms with van der Waals surface area (Å²) >= 11 is 3.73. The van der Waals surface area contributed by atoms with Crippen LogP contribution in [0.25, 0.3) is 4.96 Å². The van der Waals surface area contributed by atoms with Gasteiger partial charge < -0.3 is 15.0 Å². The molecule has 3 rings (SSSR count). The minimum absolute atomic E-state index is 0.547. The molecule has 1 aliphatic heterocycles. The molecule has 0 amide bonds. The van der Waals surface area contributed by atoms with Gasteiger partial charge in [0.1, 0.15) is 0 Å². The molecule has 1 saturated heterocycles. The summed E-state index contributed by atoms with van der Waals surface area (Å²) in [6, 6.07) is 0.547. The van der Waals surface area contributed by atoms with Crippen molar-refractivity contribution >= 4 is 33.9 Å². The van der Waals surface area contributed by atoms with Crippen molar-refractivity contribution in [1.29, 1.82) is 0 Å². The second kappa shape index (κ2) is 7.00. The van der Waals surface area contributed by atoms with Gasteiger partial charge in [0.15, 0.2) is 10.8 Å². The fraction of sp³-hybridized carbons (Fsp3) is 0.643. The number of methoxy groups -OCH3 is 1. The first-order valence-corrected chi connectivity index (χ1v) is 9.33. The highest BCUT2D eigenvalue weighted by atomic mass is 32.2. The zero-order valence-corrected chi connectivity index (χ0v) is 14.2. The molecule has 0 aromatic carbocycles. The lowest BCUT2D eigenvalue weighted by atomic mass is 10.2. The second-order valence-corrected chi connectivity index (χ2v) is 7.25. The van der Waals surface area contributed by atoms with E-state index in [-0.39, 0.29) is 0 Å². The zero-order valence-electron chi connectivity index (χ0n) is 12.5. The van der Waals surface area contributed by atoms with Crippen LogP contribution in [0.4, 0.5) is 5.82 Å². The van der Waals surface area contributed by atoms with Crippen LogP contribution < -0.4 is 10.2 Å². The minimum atomic E-state index is 0.547. The van der Waals surface area contributed by atoms with E-state index in [9.17, 15) is 0 Å². The number of hydrogen-bond acceptors (Lipinski definition) is 6. The highest BCUT2D eigenvalue weighted by Gasteiger charge is 2.25. The molecule has 0 saturated carbocycles. The van der Waals surface area contributed by atoms with Gasteiger partial charge in [0.05, 0.1) is 12.3 Å². The molecule has 1 N–H and O–H groups in total. The highest BCUT2D eigenvalue weighted by Crippen LogP contribution is 2.29. The lowest BCUT2D eigenvalue weighted by Gasteiger charge is -2.34. The molecule has 0 spiro atoms. The maximum atomic E-state index is 5.10. The summed E-state index contributed by atoms with van der Waals surface area (Å²) in [5.41, 5.74) is 1.26. The van der Waals surface area contributed by atoms with Crippen molar-refractivity contribution in [3.05, 3.63) is 17.3 Å². The van der Waals surface area contributed by atoms with E-state index in [1.54, 1.807) is 18.4 Å². The van der Waals surface area contributed by atoms with E-state index in [0.717, 1.165) is 37.0 Å². The quantitative estimate of drug-likeness (QED) is 0.823. The summed E-state index contributed by atoms with van der Waals surface area (Å²) in [4.78, 5) is 8.42. The molecule has 0 radical (unpaired) electrons. The van der Waals surface area contributed by atoms with Crippen LogP contribution >= 0.6 is 23.1 Å². The van der Waals surface area contributed by atoms with Crippen LogP contribution in [0.3, 0.4) is 0 Å². The van der Waals surface area contributed by atoms with Crippen molar-refractivity contribution < 1.29 is 4.74 Å². The van der Waals surface area contributed by atoms with Gasteiger partial charge in [-0.25, -0.2) is 4.98 Å². The largest absolute Gasteiger partial charge is 0.383 e. The van der Waals surface area contributed by atoms with Gasteiger partial charge in [0.2, 0.25) is 0 Å². The van der Waals surface area contributed by atoms with Crippen LogP contribution in [-0.4, -0.2) is 53.7 Å². The van der Waals surface area contributed by atoms with Crippen LogP contribution in [0.2, 0.25) is 0 Å². The van der Waals surface area contributed by atoms with Crippen LogP contribution in [0.5, 0.6) is 0 Å². The average molecular weight is 326 g/mol. The first kappa shape index (κ1) is 15.1.